The van der Waals surface area contributed by atoms with Crippen LogP contribution in [0.25, 0.3) is 0 Å². The lowest BCUT2D eigenvalue weighted by molar-refractivity contribution is -0.385. The Balaban J connectivity index is 2.15. The van der Waals surface area contributed by atoms with E-state index < -0.39 is 22.2 Å². The molecule has 4 nitrogen and oxygen atoms in total. The largest absolute Gasteiger partial charge is 0.380 e. The third-order valence-corrected chi connectivity index (χ3v) is 3.97. The summed E-state index contributed by atoms with van der Waals surface area (Å²) in [5.74, 6) is -1.42. The maximum Gasteiger partial charge on any atom is 0.275 e. The van der Waals surface area contributed by atoms with Crippen LogP contribution >= 0.6 is 0 Å². The average Bonchev–Trinajstić information content (AvgIpc) is 3.08. The summed E-state index contributed by atoms with van der Waals surface area (Å²) < 4.78 is 27.3. The predicted octanol–water partition coefficient (Wildman–Crippen LogP) is 3.72. The van der Waals surface area contributed by atoms with E-state index in [-0.39, 0.29) is 11.1 Å². The minimum absolute atomic E-state index is 0.0979. The fourth-order valence-electron chi connectivity index (χ4n) is 2.22. The van der Waals surface area contributed by atoms with Gasteiger partial charge in [0.05, 0.1) is 17.1 Å². The summed E-state index contributed by atoms with van der Waals surface area (Å²) in [5.41, 5.74) is -0.760. The number of benzene rings is 1. The molecular formula is C13H16F2N2O2. The fraction of sp³-hybridized carbons (Fsp3) is 0.538. The summed E-state index contributed by atoms with van der Waals surface area (Å²) in [6, 6.07) is 1.47. The Hall–Kier alpha value is -1.72. The van der Waals surface area contributed by atoms with Crippen LogP contribution in [0.3, 0.4) is 0 Å². The number of nitrogens with zero attached hydrogens (tertiary/aromatic N) is 1. The summed E-state index contributed by atoms with van der Waals surface area (Å²) in [4.78, 5) is 9.67. The molecule has 0 amide bonds. The third kappa shape index (κ3) is 2.67. The minimum atomic E-state index is -0.925. The Kier molecular flexibility index (Phi) is 3.43. The SMILES string of the molecule is CC(C)C1(CNc2c(F)cc([N+](=O)[O-])cc2F)CC1. The number of nitro groups is 1. The Morgan fingerprint density at radius 2 is 1.89 bits per heavy atom. The monoisotopic (exact) mass is 270 g/mol. The molecule has 0 radical (unpaired) electrons. The van der Waals surface area contributed by atoms with Crippen molar-refractivity contribution in [3.05, 3.63) is 33.9 Å². The molecule has 0 unspecified atom stereocenters. The maximum atomic E-state index is 13.7. The first-order chi connectivity index (χ1) is 8.85. The highest BCUT2D eigenvalue weighted by Crippen LogP contribution is 2.51. The molecule has 0 saturated heterocycles. The normalized spacial score (nSPS) is 16.5. The third-order valence-electron chi connectivity index (χ3n) is 3.97. The topological polar surface area (TPSA) is 55.2 Å². The van der Waals surface area contributed by atoms with Crippen LogP contribution in [0.15, 0.2) is 12.1 Å². The van der Waals surface area contributed by atoms with Crippen LogP contribution in [0, 0.1) is 33.1 Å². The second kappa shape index (κ2) is 4.75. The lowest BCUT2D eigenvalue weighted by atomic mass is 9.92. The molecule has 0 heterocycles. The number of hydrogen-bond donors (Lipinski definition) is 1. The molecule has 1 aliphatic rings. The second-order valence-electron chi connectivity index (χ2n) is 5.41. The molecule has 0 aromatic heterocycles. The second-order valence-corrected chi connectivity index (χ2v) is 5.41. The lowest BCUT2D eigenvalue weighted by Crippen LogP contribution is -2.21. The Bertz CT molecular complexity index is 490. The van der Waals surface area contributed by atoms with Gasteiger partial charge in [-0.15, -0.1) is 0 Å². The van der Waals surface area contributed by atoms with E-state index in [1.807, 2.05) is 0 Å². The van der Waals surface area contributed by atoms with Crippen LogP contribution in [0.1, 0.15) is 26.7 Å². The number of nitro benzene ring substituents is 1. The first-order valence-electron chi connectivity index (χ1n) is 6.23. The van der Waals surface area contributed by atoms with Gasteiger partial charge in [0.2, 0.25) is 0 Å². The molecule has 1 aromatic rings. The number of anilines is 1. The zero-order valence-electron chi connectivity index (χ0n) is 10.9. The molecule has 1 aliphatic carbocycles. The molecule has 6 heteroatoms. The van der Waals surface area contributed by atoms with Gasteiger partial charge in [-0.25, -0.2) is 8.78 Å². The molecule has 1 saturated carbocycles. The van der Waals surface area contributed by atoms with Gasteiger partial charge in [0.25, 0.3) is 5.69 Å². The zero-order valence-corrected chi connectivity index (χ0v) is 10.9. The number of hydrogen-bond acceptors (Lipinski definition) is 3. The molecule has 1 aromatic carbocycles. The Labute approximate surface area is 110 Å². The van der Waals surface area contributed by atoms with Gasteiger partial charge in [-0.1, -0.05) is 13.8 Å². The van der Waals surface area contributed by atoms with Crippen molar-refractivity contribution >= 4 is 11.4 Å². The molecule has 0 atom stereocenters. The number of non-ortho nitro benzene ring substituents is 1. The van der Waals surface area contributed by atoms with E-state index in [2.05, 4.69) is 19.2 Å². The van der Waals surface area contributed by atoms with Gasteiger partial charge < -0.3 is 5.32 Å². The van der Waals surface area contributed by atoms with Crippen molar-refractivity contribution in [2.45, 2.75) is 26.7 Å². The van der Waals surface area contributed by atoms with E-state index in [0.29, 0.717) is 12.5 Å². The van der Waals surface area contributed by atoms with Crippen molar-refractivity contribution in [2.24, 2.45) is 11.3 Å². The molecular weight excluding hydrogens is 254 g/mol. The van der Waals surface area contributed by atoms with Crippen LogP contribution in [0.5, 0.6) is 0 Å². The molecule has 0 spiro atoms. The summed E-state index contributed by atoms with van der Waals surface area (Å²) >= 11 is 0. The van der Waals surface area contributed by atoms with Crippen molar-refractivity contribution in [3.63, 3.8) is 0 Å². The standard InChI is InChI=1S/C13H16F2N2O2/c1-8(2)13(3-4-13)7-16-12-10(14)5-9(17(18)19)6-11(12)15/h5-6,8,16H,3-4,7H2,1-2H3. The Morgan fingerprint density at radius 3 is 2.26 bits per heavy atom. The van der Waals surface area contributed by atoms with Gasteiger partial charge in [0, 0.05) is 6.54 Å². The first-order valence-corrected chi connectivity index (χ1v) is 6.23. The minimum Gasteiger partial charge on any atom is -0.380 e. The van der Waals surface area contributed by atoms with Gasteiger partial charge in [-0.2, -0.15) is 0 Å². The van der Waals surface area contributed by atoms with Gasteiger partial charge in [-0.05, 0) is 24.2 Å². The van der Waals surface area contributed by atoms with Gasteiger partial charge in [-0.3, -0.25) is 10.1 Å². The quantitative estimate of drug-likeness (QED) is 0.655. The van der Waals surface area contributed by atoms with Crippen molar-refractivity contribution in [1.82, 2.24) is 0 Å². The van der Waals surface area contributed by atoms with E-state index in [1.54, 1.807) is 0 Å². The summed E-state index contributed by atoms with van der Waals surface area (Å²) in [6.07, 6.45) is 2.07. The zero-order chi connectivity index (χ0) is 14.2. The molecule has 2 rings (SSSR count). The number of nitrogens with one attached hydrogen (secondary N) is 1. The highest BCUT2D eigenvalue weighted by atomic mass is 19.1. The molecule has 1 N–H and O–H groups in total. The summed E-state index contributed by atoms with van der Waals surface area (Å²) in [5, 5.41) is 13.2. The molecule has 19 heavy (non-hydrogen) atoms. The number of halogens is 2. The van der Waals surface area contributed by atoms with Crippen LogP contribution in [-0.2, 0) is 0 Å². The Morgan fingerprint density at radius 1 is 1.37 bits per heavy atom. The van der Waals surface area contributed by atoms with Gasteiger partial charge in [0.1, 0.15) is 5.69 Å². The van der Waals surface area contributed by atoms with Crippen molar-refractivity contribution in [1.29, 1.82) is 0 Å². The average molecular weight is 270 g/mol. The maximum absolute atomic E-state index is 13.7. The van der Waals surface area contributed by atoms with Crippen LogP contribution in [0.2, 0.25) is 0 Å². The highest BCUT2D eigenvalue weighted by molar-refractivity contribution is 5.52. The van der Waals surface area contributed by atoms with Crippen LogP contribution in [0.4, 0.5) is 20.2 Å². The van der Waals surface area contributed by atoms with E-state index in [1.165, 1.54) is 0 Å². The van der Waals surface area contributed by atoms with Crippen LogP contribution < -0.4 is 5.32 Å². The molecule has 1 fully saturated rings. The summed E-state index contributed by atoms with van der Waals surface area (Å²) in [7, 11) is 0. The molecule has 0 bridgehead atoms. The molecule has 104 valence electrons. The highest BCUT2D eigenvalue weighted by Gasteiger charge is 2.45. The number of rotatable bonds is 5. The smallest absolute Gasteiger partial charge is 0.275 e. The van der Waals surface area contributed by atoms with E-state index in [9.17, 15) is 18.9 Å². The predicted molar refractivity (Wildman–Crippen MR) is 68.0 cm³/mol. The fourth-order valence-corrected chi connectivity index (χ4v) is 2.22. The van der Waals surface area contributed by atoms with Gasteiger partial charge in [0.15, 0.2) is 11.6 Å². The van der Waals surface area contributed by atoms with Crippen molar-refractivity contribution < 1.29 is 13.7 Å². The van der Waals surface area contributed by atoms with E-state index in [0.717, 1.165) is 25.0 Å². The first kappa shape index (κ1) is 13.7. The summed E-state index contributed by atoms with van der Waals surface area (Å²) in [6.45, 7) is 4.64. The van der Waals surface area contributed by atoms with Crippen molar-refractivity contribution in [2.75, 3.05) is 11.9 Å². The van der Waals surface area contributed by atoms with Crippen LogP contribution in [-0.4, -0.2) is 11.5 Å². The van der Waals surface area contributed by atoms with E-state index in [4.69, 9.17) is 0 Å². The van der Waals surface area contributed by atoms with Crippen molar-refractivity contribution in [3.8, 4) is 0 Å². The van der Waals surface area contributed by atoms with Gasteiger partial charge >= 0.3 is 0 Å². The van der Waals surface area contributed by atoms with E-state index >= 15 is 0 Å². The lowest BCUT2D eigenvalue weighted by Gasteiger charge is -2.21. The molecule has 0 aliphatic heterocycles.